The van der Waals surface area contributed by atoms with Gasteiger partial charge in [-0.2, -0.15) is 18.3 Å². The lowest BCUT2D eigenvalue weighted by Crippen LogP contribution is -2.50. The minimum atomic E-state index is -4.44. The number of alkyl halides is 3. The van der Waals surface area contributed by atoms with Crippen LogP contribution >= 0.6 is 11.6 Å². The summed E-state index contributed by atoms with van der Waals surface area (Å²) in [6, 6.07) is 5.39. The van der Waals surface area contributed by atoms with Crippen LogP contribution in [-0.2, 0) is 25.6 Å². The second-order valence-electron chi connectivity index (χ2n) is 9.33. The van der Waals surface area contributed by atoms with Crippen molar-refractivity contribution in [2.75, 3.05) is 5.32 Å². The third-order valence-electron chi connectivity index (χ3n) is 7.10. The fraction of sp³-hybridized carbons (Fsp3) is 0.391. The summed E-state index contributed by atoms with van der Waals surface area (Å²) in [5, 5.41) is 26.6. The molecule has 4 aromatic rings. The lowest BCUT2D eigenvalue weighted by molar-refractivity contribution is -0.216. The average Bonchev–Trinajstić information content (AvgIpc) is 3.46. The lowest BCUT2D eigenvalue weighted by Gasteiger charge is -2.42. The number of anilines is 2. The Labute approximate surface area is 208 Å². The van der Waals surface area contributed by atoms with Crippen molar-refractivity contribution in [3.05, 3.63) is 47.6 Å². The van der Waals surface area contributed by atoms with Gasteiger partial charge in [-0.15, -0.1) is 10.2 Å². The monoisotopic (exact) mass is 518 g/mol. The van der Waals surface area contributed by atoms with Crippen LogP contribution in [0.15, 0.2) is 36.8 Å². The maximum Gasteiger partial charge on any atom is 0.401 e. The summed E-state index contributed by atoms with van der Waals surface area (Å²) in [6.07, 6.45) is 0.0403. The number of fused-ring (bicyclic) bond motifs is 3. The molecule has 4 aromatic heterocycles. The van der Waals surface area contributed by atoms with E-state index in [-0.39, 0.29) is 31.8 Å². The molecule has 1 aliphatic carbocycles. The van der Waals surface area contributed by atoms with E-state index in [1.54, 1.807) is 46.9 Å². The molecule has 0 spiro atoms. The van der Waals surface area contributed by atoms with Crippen LogP contribution in [0.3, 0.4) is 0 Å². The summed E-state index contributed by atoms with van der Waals surface area (Å²) in [5.74, 6) is 1.45. The zero-order valence-corrected chi connectivity index (χ0v) is 19.9. The molecule has 2 aliphatic rings. The number of hydrogen-bond acceptors (Lipinski definition) is 6. The second-order valence-corrected chi connectivity index (χ2v) is 9.73. The molecule has 13 heteroatoms. The van der Waals surface area contributed by atoms with Gasteiger partial charge < -0.3 is 19.6 Å². The van der Waals surface area contributed by atoms with E-state index in [1.807, 2.05) is 0 Å². The molecule has 9 nitrogen and oxygen atoms in total. The number of aliphatic hydroxyl groups is 1. The Hall–Kier alpha value is -3.38. The standard InChI is InChI=1S/C23H22ClF3N8O/c1-33-19(3-6-29-33)30-18-8-15(16(24)9-28-18)13-7-17-20-31-32-21(22(4-2-5-22)23(25,26)27)35(20)12-14(36)11-34(17)10-13/h3,6-10,14,36H,2,4-5,11-12H2,1H3,(H,28,30)/t14-/m0/s1. The molecule has 6 rings (SSSR count). The number of rotatable bonds is 4. The van der Waals surface area contributed by atoms with E-state index in [0.717, 1.165) is 5.82 Å². The van der Waals surface area contributed by atoms with Crippen molar-refractivity contribution in [1.82, 2.24) is 34.1 Å². The van der Waals surface area contributed by atoms with Gasteiger partial charge in [0.15, 0.2) is 5.82 Å². The second kappa shape index (κ2) is 8.07. The summed E-state index contributed by atoms with van der Waals surface area (Å²) in [4.78, 5) is 4.33. The Bertz CT molecular complexity index is 1450. The van der Waals surface area contributed by atoms with Crippen LogP contribution in [0.4, 0.5) is 24.8 Å². The number of aryl methyl sites for hydroxylation is 1. The maximum atomic E-state index is 14.1. The number of pyridine rings is 1. The van der Waals surface area contributed by atoms with Crippen LogP contribution in [0, 0.1) is 0 Å². The van der Waals surface area contributed by atoms with E-state index in [4.69, 9.17) is 11.6 Å². The number of nitrogens with one attached hydrogen (secondary N) is 1. The van der Waals surface area contributed by atoms with Gasteiger partial charge in [0, 0.05) is 36.6 Å². The molecule has 0 radical (unpaired) electrons. The summed E-state index contributed by atoms with van der Waals surface area (Å²) in [6.45, 7) is 0.182. The molecule has 1 atom stereocenters. The first-order valence-corrected chi connectivity index (χ1v) is 11.8. The third-order valence-corrected chi connectivity index (χ3v) is 7.40. The first-order valence-electron chi connectivity index (χ1n) is 11.5. The number of halogens is 4. The molecule has 36 heavy (non-hydrogen) atoms. The van der Waals surface area contributed by atoms with Gasteiger partial charge in [-0.25, -0.2) is 4.98 Å². The van der Waals surface area contributed by atoms with Gasteiger partial charge in [-0.1, -0.05) is 18.0 Å². The Morgan fingerprint density at radius 1 is 1.19 bits per heavy atom. The molecule has 1 fully saturated rings. The summed E-state index contributed by atoms with van der Waals surface area (Å²) < 4.78 is 47.1. The molecule has 1 saturated carbocycles. The van der Waals surface area contributed by atoms with Gasteiger partial charge in [0.1, 0.15) is 22.9 Å². The number of aliphatic hydroxyl groups excluding tert-OH is 1. The van der Waals surface area contributed by atoms with Gasteiger partial charge >= 0.3 is 6.18 Å². The van der Waals surface area contributed by atoms with E-state index in [0.29, 0.717) is 39.9 Å². The van der Waals surface area contributed by atoms with Crippen LogP contribution in [0.1, 0.15) is 25.1 Å². The van der Waals surface area contributed by atoms with Crippen molar-refractivity contribution in [3.63, 3.8) is 0 Å². The Morgan fingerprint density at radius 3 is 2.67 bits per heavy atom. The van der Waals surface area contributed by atoms with Crippen LogP contribution in [0.2, 0.25) is 5.02 Å². The molecule has 0 amide bonds. The number of nitrogens with zero attached hydrogens (tertiary/aromatic N) is 7. The van der Waals surface area contributed by atoms with Gasteiger partial charge in [-0.05, 0) is 25.0 Å². The van der Waals surface area contributed by atoms with E-state index in [9.17, 15) is 18.3 Å². The first-order chi connectivity index (χ1) is 17.2. The highest BCUT2D eigenvalue weighted by atomic mass is 35.5. The number of hydrogen-bond donors (Lipinski definition) is 2. The fourth-order valence-corrected chi connectivity index (χ4v) is 5.24. The SMILES string of the molecule is Cn1nccc1Nc1cc(-c2cc3n(c2)C[C@H](O)Cn2c-3nnc2C2(C(F)(F)F)CCC2)c(Cl)cn1. The van der Waals surface area contributed by atoms with Crippen molar-refractivity contribution in [1.29, 1.82) is 0 Å². The molecular weight excluding hydrogens is 497 g/mol. The van der Waals surface area contributed by atoms with Gasteiger partial charge in [0.05, 0.1) is 36.1 Å². The van der Waals surface area contributed by atoms with Crippen molar-refractivity contribution >= 4 is 23.2 Å². The van der Waals surface area contributed by atoms with Crippen LogP contribution in [-0.4, -0.2) is 51.5 Å². The van der Waals surface area contributed by atoms with Crippen molar-refractivity contribution in [2.45, 2.75) is 50.0 Å². The predicted molar refractivity (Wildman–Crippen MR) is 126 cm³/mol. The normalized spacial score (nSPS) is 18.8. The molecule has 188 valence electrons. The molecule has 0 bridgehead atoms. The Morgan fingerprint density at radius 2 is 2.00 bits per heavy atom. The van der Waals surface area contributed by atoms with E-state index in [1.165, 1.54) is 10.8 Å². The minimum Gasteiger partial charge on any atom is -0.389 e. The predicted octanol–water partition coefficient (Wildman–Crippen LogP) is 4.30. The topological polar surface area (TPSA) is 98.6 Å². The van der Waals surface area contributed by atoms with E-state index < -0.39 is 17.7 Å². The van der Waals surface area contributed by atoms with Crippen LogP contribution < -0.4 is 5.32 Å². The summed E-state index contributed by atoms with van der Waals surface area (Å²) in [5.41, 5.74) is -0.0807. The van der Waals surface area contributed by atoms with Crippen LogP contribution in [0.25, 0.3) is 22.6 Å². The molecule has 2 N–H and O–H groups in total. The van der Waals surface area contributed by atoms with Gasteiger partial charge in [-0.3, -0.25) is 4.68 Å². The van der Waals surface area contributed by atoms with E-state index in [2.05, 4.69) is 25.6 Å². The maximum absolute atomic E-state index is 14.1. The van der Waals surface area contributed by atoms with Crippen molar-refractivity contribution in [3.8, 4) is 22.6 Å². The Kier molecular flexibility index (Phi) is 5.16. The molecule has 0 unspecified atom stereocenters. The highest BCUT2D eigenvalue weighted by Crippen LogP contribution is 2.54. The molecule has 0 saturated heterocycles. The largest absolute Gasteiger partial charge is 0.401 e. The lowest BCUT2D eigenvalue weighted by atomic mass is 9.67. The molecule has 0 aromatic carbocycles. The molecule has 1 aliphatic heterocycles. The van der Waals surface area contributed by atoms with Gasteiger partial charge in [0.25, 0.3) is 0 Å². The third kappa shape index (κ3) is 3.50. The molecule has 5 heterocycles. The quantitative estimate of drug-likeness (QED) is 0.418. The summed E-state index contributed by atoms with van der Waals surface area (Å²) in [7, 11) is 1.80. The highest BCUT2D eigenvalue weighted by Gasteiger charge is 2.62. The highest BCUT2D eigenvalue weighted by molar-refractivity contribution is 6.33. The summed E-state index contributed by atoms with van der Waals surface area (Å²) >= 11 is 6.48. The Balaban J connectivity index is 1.42. The minimum absolute atomic E-state index is 0.0126. The van der Waals surface area contributed by atoms with E-state index >= 15 is 0 Å². The molecular formula is C23H22ClF3N8O. The smallest absolute Gasteiger partial charge is 0.389 e. The number of aromatic nitrogens is 7. The van der Waals surface area contributed by atoms with Crippen molar-refractivity contribution < 1.29 is 18.3 Å². The fourth-order valence-electron chi connectivity index (χ4n) is 5.03. The van der Waals surface area contributed by atoms with Gasteiger partial charge in [0.2, 0.25) is 0 Å². The zero-order chi connectivity index (χ0) is 25.2. The first kappa shape index (κ1) is 23.0. The van der Waals surface area contributed by atoms with Crippen LogP contribution in [0.5, 0.6) is 0 Å². The average molecular weight is 519 g/mol. The van der Waals surface area contributed by atoms with Crippen molar-refractivity contribution in [2.24, 2.45) is 7.05 Å². The zero-order valence-electron chi connectivity index (χ0n) is 19.2.